The molecule has 0 aromatic heterocycles. The molecule has 3 aromatic rings. The molecular formula is C27H26BF3N5O2-. The van der Waals surface area contributed by atoms with Crippen molar-refractivity contribution in [1.29, 1.82) is 0 Å². The van der Waals surface area contributed by atoms with Crippen molar-refractivity contribution in [2.45, 2.75) is 19.4 Å². The van der Waals surface area contributed by atoms with Crippen LogP contribution in [0.4, 0.5) is 23.4 Å². The van der Waals surface area contributed by atoms with Crippen LogP contribution in [0.2, 0.25) is 0 Å². The van der Waals surface area contributed by atoms with E-state index in [-0.39, 0.29) is 30.3 Å². The first-order valence-corrected chi connectivity index (χ1v) is 12.5. The van der Waals surface area contributed by atoms with Gasteiger partial charge in [-0.05, 0) is 46.3 Å². The average molecular weight is 520 g/mol. The molecule has 0 unspecified atom stereocenters. The second-order valence-electron chi connectivity index (χ2n) is 9.65. The predicted octanol–water partition coefficient (Wildman–Crippen LogP) is 6.06. The van der Waals surface area contributed by atoms with Crippen molar-refractivity contribution in [3.63, 3.8) is 0 Å². The van der Waals surface area contributed by atoms with Gasteiger partial charge in [0.2, 0.25) is 0 Å². The van der Waals surface area contributed by atoms with E-state index in [2.05, 4.69) is 34.3 Å². The van der Waals surface area contributed by atoms with E-state index in [0.717, 1.165) is 28.3 Å². The summed E-state index contributed by atoms with van der Waals surface area (Å²) in [6.07, 6.45) is -0.393. The number of halogens is 3. The van der Waals surface area contributed by atoms with Gasteiger partial charge < -0.3 is 22.6 Å². The van der Waals surface area contributed by atoms with Crippen LogP contribution >= 0.6 is 0 Å². The maximum atomic E-state index is 13.6. The third-order valence-electron chi connectivity index (χ3n) is 7.41. The van der Waals surface area contributed by atoms with Gasteiger partial charge >= 0.3 is 13.1 Å². The number of ether oxygens (including phenoxy) is 1. The third-order valence-corrected chi connectivity index (χ3v) is 7.41. The molecule has 3 aromatic carbocycles. The van der Waals surface area contributed by atoms with Crippen LogP contribution in [0, 0.1) is 6.92 Å². The van der Waals surface area contributed by atoms with E-state index in [1.165, 1.54) is 13.0 Å². The van der Waals surface area contributed by atoms with Crippen molar-refractivity contribution in [1.82, 2.24) is 9.80 Å². The quantitative estimate of drug-likeness (QED) is 0.172. The fourth-order valence-corrected chi connectivity index (χ4v) is 5.41. The first-order chi connectivity index (χ1) is 18.3. The molecule has 1 aliphatic heterocycles. The van der Waals surface area contributed by atoms with E-state index < -0.39 is 18.5 Å². The first-order valence-electron chi connectivity index (χ1n) is 12.5. The highest BCUT2D eigenvalue weighted by atomic mass is 19.4. The SMILES string of the molecule is Cc1c(CN2CCN(C(=O)OCC3c4ccccc4-c4ccccc43)CC2)cc(N=[N+]=[N-])cc1[B-](F)(F)F. The number of nitrogens with zero attached hydrogens (tertiary/aromatic N) is 5. The van der Waals surface area contributed by atoms with Gasteiger partial charge in [-0.2, -0.15) is 0 Å². The van der Waals surface area contributed by atoms with E-state index in [0.29, 0.717) is 31.7 Å². The van der Waals surface area contributed by atoms with Crippen LogP contribution < -0.4 is 5.46 Å². The van der Waals surface area contributed by atoms with E-state index in [1.54, 1.807) is 4.90 Å². The van der Waals surface area contributed by atoms with E-state index in [9.17, 15) is 17.7 Å². The first kappa shape index (κ1) is 25.7. The molecule has 0 atom stereocenters. The molecule has 38 heavy (non-hydrogen) atoms. The highest BCUT2D eigenvalue weighted by Crippen LogP contribution is 2.44. The Kier molecular flexibility index (Phi) is 7.05. The summed E-state index contributed by atoms with van der Waals surface area (Å²) in [5.41, 5.74) is 13.1. The zero-order chi connectivity index (χ0) is 26.9. The summed E-state index contributed by atoms with van der Waals surface area (Å²) >= 11 is 0. The molecule has 1 aliphatic carbocycles. The highest BCUT2D eigenvalue weighted by molar-refractivity contribution is 6.74. The number of fused-ring (bicyclic) bond motifs is 3. The summed E-state index contributed by atoms with van der Waals surface area (Å²) in [5.74, 6) is -0.0246. The Labute approximate surface area is 218 Å². The molecule has 196 valence electrons. The number of benzene rings is 3. The summed E-state index contributed by atoms with van der Waals surface area (Å²) in [7, 11) is 0. The van der Waals surface area contributed by atoms with Gasteiger partial charge in [0.25, 0.3) is 0 Å². The van der Waals surface area contributed by atoms with Crippen LogP contribution in [0.25, 0.3) is 21.6 Å². The van der Waals surface area contributed by atoms with Crippen LogP contribution in [0.1, 0.15) is 28.2 Å². The molecule has 11 heteroatoms. The maximum absolute atomic E-state index is 13.6. The lowest BCUT2D eigenvalue weighted by Gasteiger charge is -2.35. The number of rotatable bonds is 6. The minimum Gasteiger partial charge on any atom is -0.448 e. The smallest absolute Gasteiger partial charge is 0.448 e. The molecule has 1 heterocycles. The maximum Gasteiger partial charge on any atom is 0.509 e. The van der Waals surface area contributed by atoms with E-state index in [1.807, 2.05) is 29.2 Å². The average Bonchev–Trinajstić information content (AvgIpc) is 3.22. The molecule has 1 fully saturated rings. The Morgan fingerprint density at radius 3 is 2.21 bits per heavy atom. The molecule has 5 rings (SSSR count). The second-order valence-corrected chi connectivity index (χ2v) is 9.65. The Balaban J connectivity index is 1.21. The van der Waals surface area contributed by atoms with Crippen molar-refractivity contribution in [3.8, 4) is 11.1 Å². The van der Waals surface area contributed by atoms with Gasteiger partial charge in [0, 0.05) is 49.2 Å². The fourth-order valence-electron chi connectivity index (χ4n) is 5.41. The molecular weight excluding hydrogens is 494 g/mol. The summed E-state index contributed by atoms with van der Waals surface area (Å²) in [6.45, 7) is -1.53. The number of hydrogen-bond acceptors (Lipinski definition) is 4. The number of carbonyl (C=O) groups is 1. The summed E-state index contributed by atoms with van der Waals surface area (Å²) in [4.78, 5) is 19.1. The number of amides is 1. The Hall–Kier alpha value is -3.95. The summed E-state index contributed by atoms with van der Waals surface area (Å²) in [6, 6.07) is 18.7. The normalized spacial score (nSPS) is 15.5. The molecule has 0 spiro atoms. The largest absolute Gasteiger partial charge is 0.509 e. The molecule has 0 radical (unpaired) electrons. The lowest BCUT2D eigenvalue weighted by molar-refractivity contribution is 0.0728. The fraction of sp³-hybridized carbons (Fsp3) is 0.296. The van der Waals surface area contributed by atoms with Crippen LogP contribution in [0.3, 0.4) is 0 Å². The molecule has 1 saturated heterocycles. The molecule has 1 amide bonds. The van der Waals surface area contributed by atoms with Gasteiger partial charge in [0.05, 0.1) is 0 Å². The van der Waals surface area contributed by atoms with Crippen LogP contribution in [-0.4, -0.2) is 55.7 Å². The molecule has 0 saturated carbocycles. The number of hydrogen-bond donors (Lipinski definition) is 0. The predicted molar refractivity (Wildman–Crippen MR) is 141 cm³/mol. The van der Waals surface area contributed by atoms with Crippen molar-refractivity contribution >= 4 is 24.2 Å². The van der Waals surface area contributed by atoms with Crippen molar-refractivity contribution in [2.75, 3.05) is 32.8 Å². The molecule has 0 bridgehead atoms. The minimum atomic E-state index is -5.25. The van der Waals surface area contributed by atoms with Gasteiger partial charge in [-0.3, -0.25) is 4.90 Å². The Morgan fingerprint density at radius 1 is 1.03 bits per heavy atom. The molecule has 7 nitrogen and oxygen atoms in total. The number of azide groups is 1. The van der Waals surface area contributed by atoms with Crippen molar-refractivity contribution in [3.05, 3.63) is 93.4 Å². The highest BCUT2D eigenvalue weighted by Gasteiger charge is 2.31. The van der Waals surface area contributed by atoms with Gasteiger partial charge in [-0.1, -0.05) is 65.3 Å². The van der Waals surface area contributed by atoms with E-state index in [4.69, 9.17) is 10.3 Å². The second kappa shape index (κ2) is 10.4. The van der Waals surface area contributed by atoms with Crippen molar-refractivity contribution < 1.29 is 22.5 Å². The van der Waals surface area contributed by atoms with Gasteiger partial charge in [0.1, 0.15) is 6.61 Å². The van der Waals surface area contributed by atoms with Gasteiger partial charge in [-0.15, -0.1) is 5.46 Å². The number of carbonyl (C=O) groups excluding carboxylic acids is 1. The Morgan fingerprint density at radius 2 is 1.63 bits per heavy atom. The zero-order valence-corrected chi connectivity index (χ0v) is 20.9. The Bertz CT molecular complexity index is 1370. The molecule has 0 N–H and O–H groups in total. The lowest BCUT2D eigenvalue weighted by Crippen LogP contribution is -2.48. The van der Waals surface area contributed by atoms with Crippen LogP contribution in [-0.2, 0) is 11.3 Å². The summed E-state index contributed by atoms with van der Waals surface area (Å²) < 4.78 is 46.5. The number of piperazine rings is 1. The lowest BCUT2D eigenvalue weighted by atomic mass is 9.75. The summed E-state index contributed by atoms with van der Waals surface area (Å²) in [5, 5.41) is 3.39. The van der Waals surface area contributed by atoms with Gasteiger partial charge in [0.15, 0.2) is 0 Å². The minimum absolute atomic E-state index is 0.0246. The van der Waals surface area contributed by atoms with Gasteiger partial charge in [-0.25, -0.2) is 4.79 Å². The topological polar surface area (TPSA) is 81.5 Å². The zero-order valence-electron chi connectivity index (χ0n) is 20.9. The van der Waals surface area contributed by atoms with Crippen LogP contribution in [0.15, 0.2) is 65.8 Å². The molecule has 2 aliphatic rings. The van der Waals surface area contributed by atoms with E-state index >= 15 is 0 Å². The standard InChI is InChI=1S/C27H26BF3N5O2/c1-18-19(14-20(33-34-32)15-26(18)28(29,30)31)16-35-10-12-36(13-11-35)27(37)38-17-25-23-8-4-2-6-21(23)22-7-3-5-9-24(22)25/h2-9,14-15,25H,10-13,16-17H2,1H3/q-1. The van der Waals surface area contributed by atoms with Crippen molar-refractivity contribution in [2.24, 2.45) is 5.11 Å². The van der Waals surface area contributed by atoms with Crippen LogP contribution in [0.5, 0.6) is 0 Å². The monoisotopic (exact) mass is 520 g/mol. The third kappa shape index (κ3) is 5.07.